The third-order valence-corrected chi connectivity index (χ3v) is 3.25. The molecule has 0 aliphatic rings. The molecule has 0 aliphatic carbocycles. The highest BCUT2D eigenvalue weighted by Crippen LogP contribution is 2.13. The number of carbonyl (C=O) groups excluding carboxylic acids is 2. The first-order valence-electron chi connectivity index (χ1n) is 6.99. The molecule has 0 bridgehead atoms. The smallest absolute Gasteiger partial charge is 0.224 e. The lowest BCUT2D eigenvalue weighted by molar-refractivity contribution is -0.116. The van der Waals surface area contributed by atoms with E-state index in [9.17, 15) is 9.59 Å². The molecule has 0 radical (unpaired) electrons. The van der Waals surface area contributed by atoms with Crippen LogP contribution in [0.15, 0.2) is 42.6 Å². The Morgan fingerprint density at radius 2 is 1.91 bits per heavy atom. The van der Waals surface area contributed by atoms with Crippen LogP contribution >= 0.6 is 0 Å². The first-order chi connectivity index (χ1) is 10.6. The Morgan fingerprint density at radius 1 is 1.14 bits per heavy atom. The second-order valence-electron chi connectivity index (χ2n) is 4.88. The van der Waals surface area contributed by atoms with E-state index in [1.165, 1.54) is 13.3 Å². The van der Waals surface area contributed by atoms with Gasteiger partial charge in [0.2, 0.25) is 11.8 Å². The van der Waals surface area contributed by atoms with Crippen LogP contribution < -0.4 is 10.1 Å². The van der Waals surface area contributed by atoms with E-state index >= 15 is 0 Å². The van der Waals surface area contributed by atoms with Gasteiger partial charge in [0.25, 0.3) is 0 Å². The zero-order valence-electron chi connectivity index (χ0n) is 12.6. The number of pyridine rings is 1. The minimum atomic E-state index is -0.214. The number of amides is 1. The molecule has 2 aromatic rings. The molecule has 0 saturated heterocycles. The number of aromatic nitrogens is 1. The van der Waals surface area contributed by atoms with Crippen LogP contribution in [-0.4, -0.2) is 23.8 Å². The van der Waals surface area contributed by atoms with E-state index in [-0.39, 0.29) is 24.5 Å². The molecule has 1 aromatic heterocycles. The van der Waals surface area contributed by atoms with Gasteiger partial charge < -0.3 is 10.1 Å². The number of methoxy groups -OCH3 is 1. The van der Waals surface area contributed by atoms with Crippen LogP contribution in [0.25, 0.3) is 0 Å². The highest BCUT2D eigenvalue weighted by atomic mass is 16.5. The second kappa shape index (κ2) is 7.36. The van der Waals surface area contributed by atoms with Crippen molar-refractivity contribution in [2.24, 2.45) is 0 Å². The van der Waals surface area contributed by atoms with E-state index in [0.29, 0.717) is 17.1 Å². The molecule has 114 valence electrons. The van der Waals surface area contributed by atoms with Crippen LogP contribution in [0.1, 0.15) is 28.8 Å². The summed E-state index contributed by atoms with van der Waals surface area (Å²) in [6.07, 6.45) is 1.83. The standard InChI is InChI=1S/C17H18N2O3/c1-12-5-3-4-6-14(12)15(20)8-9-16(21)19-13-7-10-17(22-2)18-11-13/h3-7,10-11H,8-9H2,1-2H3,(H,19,21). The molecule has 1 amide bonds. The molecule has 1 N–H and O–H groups in total. The van der Waals surface area contributed by atoms with Crippen molar-refractivity contribution in [1.82, 2.24) is 4.98 Å². The summed E-state index contributed by atoms with van der Waals surface area (Å²) in [6.45, 7) is 1.89. The highest BCUT2D eigenvalue weighted by molar-refractivity contribution is 6.00. The number of benzene rings is 1. The van der Waals surface area contributed by atoms with Crippen LogP contribution in [0.2, 0.25) is 0 Å². The monoisotopic (exact) mass is 298 g/mol. The molecule has 2 rings (SSSR count). The summed E-state index contributed by atoms with van der Waals surface area (Å²) in [6, 6.07) is 10.7. The van der Waals surface area contributed by atoms with Gasteiger partial charge >= 0.3 is 0 Å². The fraction of sp³-hybridized carbons (Fsp3) is 0.235. The Labute approximate surface area is 129 Å². The van der Waals surface area contributed by atoms with Gasteiger partial charge in [-0.25, -0.2) is 4.98 Å². The number of carbonyl (C=O) groups is 2. The van der Waals surface area contributed by atoms with Crippen molar-refractivity contribution in [1.29, 1.82) is 0 Å². The first-order valence-corrected chi connectivity index (χ1v) is 6.99. The molecule has 1 aromatic carbocycles. The number of nitrogens with one attached hydrogen (secondary N) is 1. The number of hydrogen-bond acceptors (Lipinski definition) is 4. The molecule has 5 nitrogen and oxygen atoms in total. The Morgan fingerprint density at radius 3 is 2.55 bits per heavy atom. The molecule has 0 atom stereocenters. The van der Waals surface area contributed by atoms with Crippen LogP contribution in [0.4, 0.5) is 5.69 Å². The van der Waals surface area contributed by atoms with Crippen molar-refractivity contribution in [2.75, 3.05) is 12.4 Å². The maximum absolute atomic E-state index is 12.1. The van der Waals surface area contributed by atoms with E-state index in [2.05, 4.69) is 10.3 Å². The molecular formula is C17H18N2O3. The summed E-state index contributed by atoms with van der Waals surface area (Å²) in [5.41, 5.74) is 2.17. The van der Waals surface area contributed by atoms with Gasteiger partial charge in [0, 0.05) is 24.5 Å². The zero-order chi connectivity index (χ0) is 15.9. The Bertz CT molecular complexity index is 666. The summed E-state index contributed by atoms with van der Waals surface area (Å²) in [5.74, 6) is 0.239. The first kappa shape index (κ1) is 15.7. The molecule has 0 saturated carbocycles. The van der Waals surface area contributed by atoms with Crippen LogP contribution in [0.3, 0.4) is 0 Å². The fourth-order valence-electron chi connectivity index (χ4n) is 2.05. The zero-order valence-corrected chi connectivity index (χ0v) is 12.6. The van der Waals surface area contributed by atoms with Crippen molar-refractivity contribution >= 4 is 17.4 Å². The van der Waals surface area contributed by atoms with Gasteiger partial charge in [0.1, 0.15) is 0 Å². The van der Waals surface area contributed by atoms with E-state index < -0.39 is 0 Å². The molecule has 5 heteroatoms. The number of ketones is 1. The summed E-state index contributed by atoms with van der Waals surface area (Å²) in [7, 11) is 1.53. The SMILES string of the molecule is COc1ccc(NC(=O)CCC(=O)c2ccccc2C)cn1. The largest absolute Gasteiger partial charge is 0.481 e. The van der Waals surface area contributed by atoms with Crippen molar-refractivity contribution in [2.45, 2.75) is 19.8 Å². The predicted molar refractivity (Wildman–Crippen MR) is 84.2 cm³/mol. The molecule has 22 heavy (non-hydrogen) atoms. The van der Waals surface area contributed by atoms with Crippen molar-refractivity contribution in [3.63, 3.8) is 0 Å². The van der Waals surface area contributed by atoms with E-state index in [4.69, 9.17) is 4.74 Å². The minimum absolute atomic E-state index is 0.0268. The molecule has 0 aliphatic heterocycles. The molecule has 0 spiro atoms. The van der Waals surface area contributed by atoms with Crippen LogP contribution in [-0.2, 0) is 4.79 Å². The van der Waals surface area contributed by atoms with Gasteiger partial charge in [-0.15, -0.1) is 0 Å². The highest BCUT2D eigenvalue weighted by Gasteiger charge is 2.11. The summed E-state index contributed by atoms with van der Waals surface area (Å²) >= 11 is 0. The molecule has 1 heterocycles. The number of aryl methyl sites for hydroxylation is 1. The maximum Gasteiger partial charge on any atom is 0.224 e. The van der Waals surface area contributed by atoms with Gasteiger partial charge in [-0.3, -0.25) is 9.59 Å². The summed E-state index contributed by atoms with van der Waals surface area (Å²) in [5, 5.41) is 2.71. The van der Waals surface area contributed by atoms with Crippen molar-refractivity contribution in [3.05, 3.63) is 53.7 Å². The van der Waals surface area contributed by atoms with Crippen molar-refractivity contribution in [3.8, 4) is 5.88 Å². The van der Waals surface area contributed by atoms with E-state index in [1.54, 1.807) is 18.2 Å². The van der Waals surface area contributed by atoms with Gasteiger partial charge in [0.15, 0.2) is 5.78 Å². The maximum atomic E-state index is 12.1. The molecule has 0 fully saturated rings. The Balaban J connectivity index is 1.87. The molecular weight excluding hydrogens is 280 g/mol. The van der Waals surface area contributed by atoms with Crippen LogP contribution in [0, 0.1) is 6.92 Å². The fourth-order valence-corrected chi connectivity index (χ4v) is 2.05. The van der Waals surface area contributed by atoms with Gasteiger partial charge in [-0.1, -0.05) is 24.3 Å². The Kier molecular flexibility index (Phi) is 5.25. The number of ether oxygens (including phenoxy) is 1. The van der Waals surface area contributed by atoms with Crippen molar-refractivity contribution < 1.29 is 14.3 Å². The van der Waals surface area contributed by atoms with Crippen LogP contribution in [0.5, 0.6) is 5.88 Å². The molecule has 0 unspecified atom stereocenters. The average molecular weight is 298 g/mol. The number of nitrogens with zero attached hydrogens (tertiary/aromatic N) is 1. The number of hydrogen-bond donors (Lipinski definition) is 1. The lowest BCUT2D eigenvalue weighted by Crippen LogP contribution is -2.14. The predicted octanol–water partition coefficient (Wildman–Crippen LogP) is 3.00. The quantitative estimate of drug-likeness (QED) is 0.832. The van der Waals surface area contributed by atoms with Gasteiger partial charge in [0.05, 0.1) is 19.0 Å². The average Bonchev–Trinajstić information content (AvgIpc) is 2.54. The Hall–Kier alpha value is -2.69. The number of Topliss-reactive ketones (excluding diaryl/α,β-unsaturated/α-hetero) is 1. The lowest BCUT2D eigenvalue weighted by atomic mass is 10.0. The third-order valence-electron chi connectivity index (χ3n) is 3.25. The summed E-state index contributed by atoms with van der Waals surface area (Å²) in [4.78, 5) is 28.0. The number of rotatable bonds is 6. The van der Waals surface area contributed by atoms with Gasteiger partial charge in [-0.05, 0) is 18.6 Å². The normalized spacial score (nSPS) is 10.1. The van der Waals surface area contributed by atoms with Gasteiger partial charge in [-0.2, -0.15) is 0 Å². The second-order valence-corrected chi connectivity index (χ2v) is 4.88. The van der Waals surface area contributed by atoms with E-state index in [0.717, 1.165) is 5.56 Å². The van der Waals surface area contributed by atoms with E-state index in [1.807, 2.05) is 25.1 Å². The summed E-state index contributed by atoms with van der Waals surface area (Å²) < 4.78 is 4.94. The third kappa shape index (κ3) is 4.15. The number of anilines is 1. The lowest BCUT2D eigenvalue weighted by Gasteiger charge is -2.06. The topological polar surface area (TPSA) is 68.3 Å². The minimum Gasteiger partial charge on any atom is -0.481 e.